The summed E-state index contributed by atoms with van der Waals surface area (Å²) in [6.07, 6.45) is 12.0. The van der Waals surface area contributed by atoms with Gasteiger partial charge in [-0.2, -0.15) is 0 Å². The van der Waals surface area contributed by atoms with Crippen molar-refractivity contribution in [2.45, 2.75) is 70.4 Å². The van der Waals surface area contributed by atoms with E-state index < -0.39 is 0 Å². The zero-order valence-corrected chi connectivity index (χ0v) is 10.1. The molecule has 4 bridgehead atoms. The highest BCUT2D eigenvalue weighted by atomic mass is 15.2. The summed E-state index contributed by atoms with van der Waals surface area (Å²) in [7, 11) is 0. The van der Waals surface area contributed by atoms with Gasteiger partial charge < -0.3 is 0 Å². The van der Waals surface area contributed by atoms with Crippen molar-refractivity contribution in [3.05, 3.63) is 0 Å². The van der Waals surface area contributed by atoms with Crippen LogP contribution in [-0.4, -0.2) is 23.5 Å². The molecule has 0 N–H and O–H groups in total. The molecule has 0 atom stereocenters. The van der Waals surface area contributed by atoms with E-state index in [1.807, 2.05) is 0 Å². The van der Waals surface area contributed by atoms with E-state index in [1.54, 1.807) is 32.1 Å². The molecule has 4 aliphatic rings. The van der Waals surface area contributed by atoms with Gasteiger partial charge >= 0.3 is 0 Å². The molecule has 0 radical (unpaired) electrons. The average molecular weight is 207 g/mol. The van der Waals surface area contributed by atoms with E-state index in [0.29, 0.717) is 0 Å². The molecule has 86 valence electrons. The minimum atomic E-state index is 0.998. The van der Waals surface area contributed by atoms with Crippen LogP contribution in [0.2, 0.25) is 0 Å². The van der Waals surface area contributed by atoms with Gasteiger partial charge in [-0.25, -0.2) is 0 Å². The van der Waals surface area contributed by atoms with Crippen molar-refractivity contribution in [3.63, 3.8) is 0 Å². The van der Waals surface area contributed by atoms with E-state index >= 15 is 0 Å². The molecule has 0 amide bonds. The first-order chi connectivity index (χ1) is 7.36. The van der Waals surface area contributed by atoms with Crippen molar-refractivity contribution in [2.24, 2.45) is 11.8 Å². The Kier molecular flexibility index (Phi) is 2.76. The van der Waals surface area contributed by atoms with Crippen molar-refractivity contribution in [1.82, 2.24) is 4.90 Å². The van der Waals surface area contributed by atoms with Crippen molar-refractivity contribution in [3.8, 4) is 0 Å². The van der Waals surface area contributed by atoms with Gasteiger partial charge in [0.2, 0.25) is 0 Å². The molecular formula is C14H25N. The third kappa shape index (κ3) is 1.84. The molecule has 2 saturated heterocycles. The molecule has 0 aromatic heterocycles. The fourth-order valence-electron chi connectivity index (χ4n) is 4.53. The highest BCUT2D eigenvalue weighted by Gasteiger charge is 2.46. The summed E-state index contributed by atoms with van der Waals surface area (Å²) < 4.78 is 0. The van der Waals surface area contributed by atoms with E-state index in [-0.39, 0.29) is 0 Å². The summed E-state index contributed by atoms with van der Waals surface area (Å²) >= 11 is 0. The standard InChI is InChI=1S/C14H25N/c1-2-3-4-5-15-13-7-11-6-12(9-13)10-14(15)8-11/h11-14H,2-10H2,1H3. The Labute approximate surface area is 94.2 Å². The second-order valence-corrected chi connectivity index (χ2v) is 6.16. The van der Waals surface area contributed by atoms with E-state index in [2.05, 4.69) is 11.8 Å². The zero-order valence-electron chi connectivity index (χ0n) is 10.1. The predicted octanol–water partition coefficient (Wildman–Crippen LogP) is 3.44. The lowest BCUT2D eigenvalue weighted by Crippen LogP contribution is -2.58. The number of hydrogen-bond acceptors (Lipinski definition) is 1. The highest BCUT2D eigenvalue weighted by molar-refractivity contribution is 5.00. The van der Waals surface area contributed by atoms with Gasteiger partial charge in [0.05, 0.1) is 0 Å². The summed E-state index contributed by atoms with van der Waals surface area (Å²) in [6, 6.07) is 2.00. The fourth-order valence-corrected chi connectivity index (χ4v) is 4.53. The van der Waals surface area contributed by atoms with Crippen molar-refractivity contribution >= 4 is 0 Å². The Morgan fingerprint density at radius 2 is 1.47 bits per heavy atom. The van der Waals surface area contributed by atoms with Gasteiger partial charge in [-0.15, -0.1) is 0 Å². The lowest BCUT2D eigenvalue weighted by Gasteiger charge is -2.56. The molecule has 2 aliphatic carbocycles. The van der Waals surface area contributed by atoms with Crippen LogP contribution in [0.25, 0.3) is 0 Å². The normalized spacial score (nSPS) is 43.8. The molecule has 2 saturated carbocycles. The summed E-state index contributed by atoms with van der Waals surface area (Å²) in [5, 5.41) is 0. The molecule has 15 heavy (non-hydrogen) atoms. The van der Waals surface area contributed by atoms with Crippen LogP contribution < -0.4 is 0 Å². The zero-order chi connectivity index (χ0) is 10.3. The monoisotopic (exact) mass is 207 g/mol. The second kappa shape index (κ2) is 4.08. The van der Waals surface area contributed by atoms with E-state index in [1.165, 1.54) is 25.8 Å². The first-order valence-corrected chi connectivity index (χ1v) is 7.12. The maximum Gasteiger partial charge on any atom is 0.0103 e. The lowest BCUT2D eigenvalue weighted by atomic mass is 9.63. The number of piperidine rings is 2. The van der Waals surface area contributed by atoms with E-state index in [9.17, 15) is 0 Å². The van der Waals surface area contributed by atoms with Gasteiger partial charge in [-0.1, -0.05) is 19.8 Å². The maximum absolute atomic E-state index is 2.89. The first kappa shape index (κ1) is 10.1. The van der Waals surface area contributed by atoms with E-state index in [0.717, 1.165) is 23.9 Å². The molecule has 0 spiro atoms. The molecule has 0 unspecified atom stereocenters. The van der Waals surface area contributed by atoms with Crippen molar-refractivity contribution < 1.29 is 0 Å². The van der Waals surface area contributed by atoms with Gasteiger partial charge in [0.15, 0.2) is 0 Å². The maximum atomic E-state index is 2.89. The minimum Gasteiger partial charge on any atom is -0.297 e. The largest absolute Gasteiger partial charge is 0.297 e. The average Bonchev–Trinajstić information content (AvgIpc) is 2.21. The lowest BCUT2D eigenvalue weighted by molar-refractivity contribution is -0.0591. The highest BCUT2D eigenvalue weighted by Crippen LogP contribution is 2.49. The molecule has 4 fully saturated rings. The van der Waals surface area contributed by atoms with Crippen LogP contribution in [0, 0.1) is 11.8 Å². The Morgan fingerprint density at radius 1 is 0.867 bits per heavy atom. The summed E-state index contributed by atoms with van der Waals surface area (Å²) in [6.45, 7) is 3.72. The number of hydrogen-bond donors (Lipinski definition) is 0. The van der Waals surface area contributed by atoms with Crippen LogP contribution in [0.1, 0.15) is 58.3 Å². The Morgan fingerprint density at radius 3 is 2.00 bits per heavy atom. The van der Waals surface area contributed by atoms with Crippen LogP contribution in [0.3, 0.4) is 0 Å². The molecular weight excluding hydrogens is 182 g/mol. The van der Waals surface area contributed by atoms with Crippen molar-refractivity contribution in [1.29, 1.82) is 0 Å². The summed E-state index contributed by atoms with van der Waals surface area (Å²) in [5.74, 6) is 2.24. The van der Waals surface area contributed by atoms with Gasteiger partial charge in [-0.05, 0) is 56.9 Å². The Bertz CT molecular complexity index is 195. The summed E-state index contributed by atoms with van der Waals surface area (Å²) in [5.41, 5.74) is 0. The predicted molar refractivity (Wildman–Crippen MR) is 63.9 cm³/mol. The second-order valence-electron chi connectivity index (χ2n) is 6.16. The molecule has 1 nitrogen and oxygen atoms in total. The van der Waals surface area contributed by atoms with E-state index in [4.69, 9.17) is 0 Å². The molecule has 1 heteroatoms. The molecule has 2 aliphatic heterocycles. The van der Waals surface area contributed by atoms with Gasteiger partial charge in [0, 0.05) is 12.1 Å². The van der Waals surface area contributed by atoms with Crippen LogP contribution in [0.5, 0.6) is 0 Å². The van der Waals surface area contributed by atoms with Crippen LogP contribution in [0.15, 0.2) is 0 Å². The van der Waals surface area contributed by atoms with Gasteiger partial charge in [-0.3, -0.25) is 4.90 Å². The minimum absolute atomic E-state index is 0.998. The van der Waals surface area contributed by atoms with Crippen LogP contribution in [-0.2, 0) is 0 Å². The number of rotatable bonds is 4. The molecule has 0 aromatic carbocycles. The van der Waals surface area contributed by atoms with Crippen molar-refractivity contribution in [2.75, 3.05) is 6.54 Å². The summed E-state index contributed by atoms with van der Waals surface area (Å²) in [4.78, 5) is 2.89. The Balaban J connectivity index is 1.60. The fraction of sp³-hybridized carbons (Fsp3) is 1.00. The molecule has 0 aromatic rings. The first-order valence-electron chi connectivity index (χ1n) is 7.12. The van der Waals surface area contributed by atoms with Crippen LogP contribution >= 0.6 is 0 Å². The third-order valence-corrected chi connectivity index (χ3v) is 5.05. The van der Waals surface area contributed by atoms with Gasteiger partial charge in [0.25, 0.3) is 0 Å². The quantitative estimate of drug-likeness (QED) is 0.638. The molecule has 2 heterocycles. The third-order valence-electron chi connectivity index (χ3n) is 5.05. The molecule has 4 rings (SSSR count). The topological polar surface area (TPSA) is 3.24 Å². The Hall–Kier alpha value is -0.0400. The SMILES string of the molecule is CCCCCN1C2CC3CC(C2)CC1C3. The number of nitrogens with zero attached hydrogens (tertiary/aromatic N) is 1. The van der Waals surface area contributed by atoms with Gasteiger partial charge in [0.1, 0.15) is 0 Å². The number of unbranched alkanes of at least 4 members (excludes halogenated alkanes) is 2. The smallest absolute Gasteiger partial charge is 0.0103 e. The van der Waals surface area contributed by atoms with Crippen LogP contribution in [0.4, 0.5) is 0 Å².